The first-order valence-corrected chi connectivity index (χ1v) is 9.48. The van der Waals surface area contributed by atoms with E-state index in [-0.39, 0.29) is 0 Å². The molecule has 1 aromatic carbocycles. The van der Waals surface area contributed by atoms with Gasteiger partial charge in [-0.1, -0.05) is 44.2 Å². The molecule has 0 aliphatic carbocycles. The highest BCUT2D eigenvalue weighted by atomic mass is 16.5. The van der Waals surface area contributed by atoms with Crippen LogP contribution in [0, 0.1) is 5.92 Å². The van der Waals surface area contributed by atoms with Gasteiger partial charge in [-0.15, -0.1) is 0 Å². The van der Waals surface area contributed by atoms with Gasteiger partial charge >= 0.3 is 0 Å². The molecule has 0 amide bonds. The van der Waals surface area contributed by atoms with E-state index in [1.807, 2.05) is 0 Å². The summed E-state index contributed by atoms with van der Waals surface area (Å²) in [5.74, 6) is 0.756. The third-order valence-corrected chi connectivity index (χ3v) is 5.73. The Balaban J connectivity index is 1.47. The Hall–Kier alpha value is -0.940. The highest BCUT2D eigenvalue weighted by Gasteiger charge is 2.53. The third-order valence-electron chi connectivity index (χ3n) is 5.73. The zero-order chi connectivity index (χ0) is 16.6. The molecule has 3 aliphatic rings. The van der Waals surface area contributed by atoms with E-state index in [0.29, 0.717) is 11.6 Å². The SMILES string of the molecule is CC(C)CN1CC2(CN(Cc3ccccc3)C[C@@H]3COCCN32)C1. The van der Waals surface area contributed by atoms with E-state index in [1.165, 1.54) is 31.7 Å². The number of morpholine rings is 1. The molecule has 3 fully saturated rings. The van der Waals surface area contributed by atoms with Crippen LogP contribution in [0.1, 0.15) is 19.4 Å². The number of hydrogen-bond donors (Lipinski definition) is 0. The summed E-state index contributed by atoms with van der Waals surface area (Å²) in [4.78, 5) is 8.09. The fraction of sp³-hybridized carbons (Fsp3) is 0.700. The molecule has 4 rings (SSSR count). The lowest BCUT2D eigenvalue weighted by atomic mass is 9.82. The highest BCUT2D eigenvalue weighted by molar-refractivity contribution is 5.17. The second-order valence-corrected chi connectivity index (χ2v) is 8.37. The topological polar surface area (TPSA) is 19.0 Å². The maximum Gasteiger partial charge on any atom is 0.0635 e. The van der Waals surface area contributed by atoms with E-state index >= 15 is 0 Å². The lowest BCUT2D eigenvalue weighted by Crippen LogP contribution is -2.80. The average Bonchev–Trinajstić information content (AvgIpc) is 2.54. The maximum atomic E-state index is 5.81. The van der Waals surface area contributed by atoms with Gasteiger partial charge in [0.15, 0.2) is 0 Å². The summed E-state index contributed by atoms with van der Waals surface area (Å²) in [7, 11) is 0. The fourth-order valence-corrected chi connectivity index (χ4v) is 4.98. The van der Waals surface area contributed by atoms with Crippen LogP contribution in [0.4, 0.5) is 0 Å². The van der Waals surface area contributed by atoms with E-state index in [0.717, 1.165) is 38.8 Å². The van der Waals surface area contributed by atoms with Crippen molar-refractivity contribution in [3.63, 3.8) is 0 Å². The van der Waals surface area contributed by atoms with Gasteiger partial charge in [0.25, 0.3) is 0 Å². The van der Waals surface area contributed by atoms with Crippen LogP contribution >= 0.6 is 0 Å². The Labute approximate surface area is 146 Å². The van der Waals surface area contributed by atoms with Crippen LogP contribution in [0.15, 0.2) is 30.3 Å². The van der Waals surface area contributed by atoms with Gasteiger partial charge in [-0.05, 0) is 11.5 Å². The first-order valence-electron chi connectivity index (χ1n) is 9.48. The zero-order valence-corrected chi connectivity index (χ0v) is 15.2. The van der Waals surface area contributed by atoms with Gasteiger partial charge in [0.2, 0.25) is 0 Å². The molecule has 3 aliphatic heterocycles. The number of fused-ring (bicyclic) bond motifs is 2. The molecule has 4 nitrogen and oxygen atoms in total. The van der Waals surface area contributed by atoms with Crippen molar-refractivity contribution in [2.75, 3.05) is 52.5 Å². The minimum Gasteiger partial charge on any atom is -0.378 e. The molecule has 0 unspecified atom stereocenters. The number of benzene rings is 1. The molecule has 0 N–H and O–H groups in total. The van der Waals surface area contributed by atoms with Crippen LogP contribution in [0.25, 0.3) is 0 Å². The van der Waals surface area contributed by atoms with Crippen LogP contribution in [-0.4, -0.2) is 78.8 Å². The number of ether oxygens (including phenoxy) is 1. The summed E-state index contributed by atoms with van der Waals surface area (Å²) in [6, 6.07) is 11.5. The van der Waals surface area contributed by atoms with Crippen molar-refractivity contribution in [1.82, 2.24) is 14.7 Å². The average molecular weight is 329 g/mol. The van der Waals surface area contributed by atoms with E-state index in [4.69, 9.17) is 4.74 Å². The minimum absolute atomic E-state index is 0.358. The maximum absolute atomic E-state index is 5.81. The van der Waals surface area contributed by atoms with Crippen molar-refractivity contribution in [2.45, 2.75) is 32.0 Å². The molecule has 0 saturated carbocycles. The lowest BCUT2D eigenvalue weighted by molar-refractivity contribution is -0.168. The van der Waals surface area contributed by atoms with Crippen LogP contribution < -0.4 is 0 Å². The number of likely N-dealkylation sites (tertiary alicyclic amines) is 1. The Kier molecular flexibility index (Phi) is 4.65. The molecule has 1 atom stereocenters. The van der Waals surface area contributed by atoms with E-state index in [9.17, 15) is 0 Å². The molecular formula is C20H31N3O. The van der Waals surface area contributed by atoms with Gasteiger partial charge in [-0.3, -0.25) is 14.7 Å². The summed E-state index contributed by atoms with van der Waals surface area (Å²) >= 11 is 0. The molecule has 132 valence electrons. The first kappa shape index (κ1) is 16.5. The summed E-state index contributed by atoms with van der Waals surface area (Å²) in [5, 5.41) is 0. The normalized spacial score (nSPS) is 28.0. The number of piperazine rings is 1. The van der Waals surface area contributed by atoms with Gasteiger partial charge in [0.05, 0.1) is 18.8 Å². The van der Waals surface area contributed by atoms with Gasteiger partial charge in [-0.25, -0.2) is 0 Å². The van der Waals surface area contributed by atoms with Crippen molar-refractivity contribution in [1.29, 1.82) is 0 Å². The van der Waals surface area contributed by atoms with Crippen molar-refractivity contribution in [3.8, 4) is 0 Å². The second-order valence-electron chi connectivity index (χ2n) is 8.37. The quantitative estimate of drug-likeness (QED) is 0.840. The van der Waals surface area contributed by atoms with Gasteiger partial charge in [-0.2, -0.15) is 0 Å². The molecule has 0 radical (unpaired) electrons. The predicted molar refractivity (Wildman–Crippen MR) is 97.0 cm³/mol. The van der Waals surface area contributed by atoms with Crippen LogP contribution in [0.3, 0.4) is 0 Å². The van der Waals surface area contributed by atoms with Crippen molar-refractivity contribution in [3.05, 3.63) is 35.9 Å². The van der Waals surface area contributed by atoms with Gasteiger partial charge in [0.1, 0.15) is 0 Å². The van der Waals surface area contributed by atoms with Crippen LogP contribution in [0.5, 0.6) is 0 Å². The molecular weight excluding hydrogens is 298 g/mol. The van der Waals surface area contributed by atoms with Gasteiger partial charge in [0, 0.05) is 51.9 Å². The second kappa shape index (κ2) is 6.75. The number of hydrogen-bond acceptors (Lipinski definition) is 4. The molecule has 0 bridgehead atoms. The summed E-state index contributed by atoms with van der Waals surface area (Å²) < 4.78 is 5.81. The van der Waals surface area contributed by atoms with E-state index in [2.05, 4.69) is 58.9 Å². The van der Waals surface area contributed by atoms with Crippen molar-refractivity contribution in [2.24, 2.45) is 5.92 Å². The zero-order valence-electron chi connectivity index (χ0n) is 15.2. The Bertz CT molecular complexity index is 541. The molecule has 1 spiro atoms. The van der Waals surface area contributed by atoms with Crippen LogP contribution in [-0.2, 0) is 11.3 Å². The third kappa shape index (κ3) is 3.25. The van der Waals surface area contributed by atoms with E-state index < -0.39 is 0 Å². The standard InChI is InChI=1S/C20H31N3O/c1-17(2)10-22-15-20(16-22)14-21(11-18-6-4-3-5-7-18)12-19-13-24-9-8-23(19)20/h3-7,17,19H,8-16H2,1-2H3/t19-/m1/s1. The minimum atomic E-state index is 0.358. The molecule has 3 saturated heterocycles. The monoisotopic (exact) mass is 329 g/mol. The van der Waals surface area contributed by atoms with Crippen LogP contribution in [0.2, 0.25) is 0 Å². The van der Waals surface area contributed by atoms with Crippen molar-refractivity contribution >= 4 is 0 Å². The molecule has 24 heavy (non-hydrogen) atoms. The fourth-order valence-electron chi connectivity index (χ4n) is 4.98. The Morgan fingerprint density at radius 1 is 1.12 bits per heavy atom. The largest absolute Gasteiger partial charge is 0.378 e. The number of nitrogens with zero attached hydrogens (tertiary/aromatic N) is 3. The molecule has 3 heterocycles. The van der Waals surface area contributed by atoms with Crippen molar-refractivity contribution < 1.29 is 4.74 Å². The summed E-state index contributed by atoms with van der Waals surface area (Å²) in [6.45, 7) is 14.7. The van der Waals surface area contributed by atoms with E-state index in [1.54, 1.807) is 0 Å². The van der Waals surface area contributed by atoms with Gasteiger partial charge < -0.3 is 4.74 Å². The molecule has 0 aromatic heterocycles. The first-order chi connectivity index (χ1) is 11.6. The summed E-state index contributed by atoms with van der Waals surface area (Å²) in [5.41, 5.74) is 1.78. The predicted octanol–water partition coefficient (Wildman–Crippen LogP) is 1.91. The Morgan fingerprint density at radius 2 is 1.88 bits per heavy atom. The number of rotatable bonds is 4. The highest BCUT2D eigenvalue weighted by Crippen LogP contribution is 2.36. The summed E-state index contributed by atoms with van der Waals surface area (Å²) in [6.07, 6.45) is 0. The molecule has 1 aromatic rings. The molecule has 4 heteroatoms. The Morgan fingerprint density at radius 3 is 2.62 bits per heavy atom. The smallest absolute Gasteiger partial charge is 0.0635 e. The lowest BCUT2D eigenvalue weighted by Gasteiger charge is -2.63.